The van der Waals surface area contributed by atoms with Crippen molar-refractivity contribution in [3.63, 3.8) is 0 Å². The van der Waals surface area contributed by atoms with Gasteiger partial charge in [0.2, 0.25) is 5.95 Å². The van der Waals surface area contributed by atoms with E-state index in [0.29, 0.717) is 0 Å². The molecular weight excluding hydrogens is 324 g/mol. The Bertz CT molecular complexity index is 843. The number of aromatic nitrogens is 4. The number of nitrogen functional groups attached to an aromatic ring is 1. The molecule has 1 aliphatic rings. The van der Waals surface area contributed by atoms with Gasteiger partial charge in [0.1, 0.15) is 25.0 Å². The van der Waals surface area contributed by atoms with Crippen molar-refractivity contribution in [1.82, 2.24) is 19.5 Å². The van der Waals surface area contributed by atoms with Crippen molar-refractivity contribution in [3.05, 3.63) is 27.1 Å². The van der Waals surface area contributed by atoms with Gasteiger partial charge in [0.15, 0.2) is 17.4 Å². The number of hydrogen-bond acceptors (Lipinski definition) is 9. The molecule has 3 heterocycles. The smallest absolute Gasteiger partial charge is 0.280 e. The number of rotatable bonds is 5. The summed E-state index contributed by atoms with van der Waals surface area (Å²) >= 11 is 0. The van der Waals surface area contributed by atoms with Gasteiger partial charge in [0, 0.05) is 4.91 Å². The van der Waals surface area contributed by atoms with Crippen LogP contribution in [0.25, 0.3) is 21.6 Å². The molecule has 0 unspecified atom stereocenters. The number of H-pyrrole nitrogens is 1. The first-order chi connectivity index (χ1) is 11.6. The molecule has 0 spiro atoms. The number of nitrogens with zero attached hydrogens (tertiary/aromatic N) is 6. The number of fused-ring (bicyclic) bond motifs is 1. The SMILES string of the molecule is [N-]=[N+]=NCO[C@@H]1[C@H](O)[C@@H](CO)O[C@H]1n1cnc2c(=O)[nH]c(N)nc21. The summed E-state index contributed by atoms with van der Waals surface area (Å²) < 4.78 is 12.3. The highest BCUT2D eigenvalue weighted by Gasteiger charge is 2.45. The second-order valence-corrected chi connectivity index (χ2v) is 5.00. The Kier molecular flexibility index (Phi) is 4.33. The van der Waals surface area contributed by atoms with Crippen LogP contribution in [0.1, 0.15) is 6.23 Å². The molecule has 3 rings (SSSR count). The lowest BCUT2D eigenvalue weighted by molar-refractivity contribution is -0.0690. The zero-order chi connectivity index (χ0) is 17.3. The monoisotopic (exact) mass is 338 g/mol. The highest BCUT2D eigenvalue weighted by atomic mass is 16.6. The predicted molar refractivity (Wildman–Crippen MR) is 78.4 cm³/mol. The van der Waals surface area contributed by atoms with Crippen LogP contribution >= 0.6 is 0 Å². The fourth-order valence-corrected chi connectivity index (χ4v) is 2.55. The molecule has 24 heavy (non-hydrogen) atoms. The molecule has 0 bridgehead atoms. The van der Waals surface area contributed by atoms with Crippen LogP contribution in [-0.4, -0.2) is 61.4 Å². The lowest BCUT2D eigenvalue weighted by Crippen LogP contribution is -2.35. The molecule has 1 fully saturated rings. The van der Waals surface area contributed by atoms with Gasteiger partial charge in [-0.05, 0) is 5.53 Å². The Morgan fingerprint density at radius 3 is 3.12 bits per heavy atom. The van der Waals surface area contributed by atoms with E-state index in [1.807, 2.05) is 0 Å². The summed E-state index contributed by atoms with van der Waals surface area (Å²) in [5.41, 5.74) is 13.5. The van der Waals surface area contributed by atoms with Crippen LogP contribution in [0.2, 0.25) is 0 Å². The topological polar surface area (TPSA) is 197 Å². The van der Waals surface area contributed by atoms with Gasteiger partial charge in [0.25, 0.3) is 5.56 Å². The molecule has 0 radical (unpaired) electrons. The summed E-state index contributed by atoms with van der Waals surface area (Å²) in [6, 6.07) is 0. The second kappa shape index (κ2) is 6.43. The van der Waals surface area contributed by atoms with E-state index >= 15 is 0 Å². The van der Waals surface area contributed by atoms with Crippen molar-refractivity contribution in [2.75, 3.05) is 19.1 Å². The van der Waals surface area contributed by atoms with Gasteiger partial charge >= 0.3 is 0 Å². The maximum Gasteiger partial charge on any atom is 0.280 e. The first-order valence-corrected chi connectivity index (χ1v) is 6.86. The number of azide groups is 1. The van der Waals surface area contributed by atoms with E-state index in [1.54, 1.807) is 0 Å². The molecule has 5 N–H and O–H groups in total. The number of aromatic amines is 1. The third kappa shape index (κ3) is 2.66. The number of nitrogens with two attached hydrogens (primary N) is 1. The first-order valence-electron chi connectivity index (χ1n) is 6.86. The van der Waals surface area contributed by atoms with Gasteiger partial charge in [-0.15, -0.1) is 0 Å². The Labute approximate surface area is 133 Å². The van der Waals surface area contributed by atoms with E-state index < -0.39 is 36.7 Å². The molecule has 0 aromatic carbocycles. The molecule has 2 aromatic rings. The molecule has 0 saturated carbocycles. The number of ether oxygens (including phenoxy) is 2. The minimum atomic E-state index is -1.19. The Morgan fingerprint density at radius 2 is 2.42 bits per heavy atom. The fourth-order valence-electron chi connectivity index (χ4n) is 2.55. The second-order valence-electron chi connectivity index (χ2n) is 5.00. The predicted octanol–water partition coefficient (Wildman–Crippen LogP) is -1.39. The van der Waals surface area contributed by atoms with Gasteiger partial charge in [-0.1, -0.05) is 5.11 Å². The minimum absolute atomic E-state index is 0.0310. The maximum atomic E-state index is 11.8. The quantitative estimate of drug-likeness (QED) is 0.290. The van der Waals surface area contributed by atoms with Crippen LogP contribution in [0.5, 0.6) is 0 Å². The van der Waals surface area contributed by atoms with Crippen molar-refractivity contribution in [3.8, 4) is 0 Å². The van der Waals surface area contributed by atoms with Gasteiger partial charge in [-0.25, -0.2) is 4.98 Å². The first kappa shape index (κ1) is 16.2. The molecule has 4 atom stereocenters. The number of aliphatic hydroxyl groups excluding tert-OH is 2. The van der Waals surface area contributed by atoms with Gasteiger partial charge in [-0.2, -0.15) is 4.98 Å². The minimum Gasteiger partial charge on any atom is -0.394 e. The zero-order valence-electron chi connectivity index (χ0n) is 12.2. The van der Waals surface area contributed by atoms with Crippen LogP contribution in [0, 0.1) is 0 Å². The highest BCUT2D eigenvalue weighted by molar-refractivity contribution is 5.70. The fraction of sp³-hybridized carbons (Fsp3) is 0.545. The molecule has 1 aliphatic heterocycles. The molecule has 2 aromatic heterocycles. The largest absolute Gasteiger partial charge is 0.394 e. The van der Waals surface area contributed by atoms with E-state index in [4.69, 9.17) is 20.7 Å². The zero-order valence-corrected chi connectivity index (χ0v) is 12.2. The summed E-state index contributed by atoms with van der Waals surface area (Å²) in [6.07, 6.45) is -2.77. The number of aliphatic hydroxyl groups is 2. The Hall–Kier alpha value is -2.70. The molecule has 13 nitrogen and oxygen atoms in total. The van der Waals surface area contributed by atoms with E-state index in [-0.39, 0.29) is 23.8 Å². The van der Waals surface area contributed by atoms with E-state index in [1.165, 1.54) is 10.9 Å². The van der Waals surface area contributed by atoms with Gasteiger partial charge < -0.3 is 25.4 Å². The van der Waals surface area contributed by atoms with Crippen molar-refractivity contribution < 1.29 is 19.7 Å². The standard InChI is InChI=1S/C11H14N8O5/c12-11-16-8-5(9(22)17-11)14-2-19(8)10-7(23-3-15-18-13)6(21)4(1-20)24-10/h2,4,6-7,10,20-21H,1,3H2,(H3,12,16,17,22)/t4-,6-,7-,10-/m1/s1. The Balaban J connectivity index is 2.02. The van der Waals surface area contributed by atoms with Gasteiger partial charge in [-0.3, -0.25) is 14.3 Å². The summed E-state index contributed by atoms with van der Waals surface area (Å²) in [5.74, 6) is -0.113. The molecule has 1 saturated heterocycles. The van der Waals surface area contributed by atoms with Crippen molar-refractivity contribution in [2.45, 2.75) is 24.5 Å². The van der Waals surface area contributed by atoms with Crippen LogP contribution in [0.3, 0.4) is 0 Å². The van der Waals surface area contributed by atoms with Crippen molar-refractivity contribution >= 4 is 17.1 Å². The number of anilines is 1. The molecule has 128 valence electrons. The molecule has 13 heteroatoms. The summed E-state index contributed by atoms with van der Waals surface area (Å²) in [6.45, 7) is -0.805. The number of nitrogens with one attached hydrogen (secondary N) is 1. The summed E-state index contributed by atoms with van der Waals surface area (Å²) in [5, 5.41) is 22.8. The van der Waals surface area contributed by atoms with E-state index in [9.17, 15) is 15.0 Å². The molecular formula is C11H14N8O5. The van der Waals surface area contributed by atoms with E-state index in [0.717, 1.165) is 0 Å². The number of hydrogen-bond donors (Lipinski definition) is 4. The van der Waals surface area contributed by atoms with Gasteiger partial charge in [0.05, 0.1) is 12.9 Å². The van der Waals surface area contributed by atoms with Crippen LogP contribution < -0.4 is 11.3 Å². The lowest BCUT2D eigenvalue weighted by Gasteiger charge is -2.21. The highest BCUT2D eigenvalue weighted by Crippen LogP contribution is 2.33. The maximum absolute atomic E-state index is 11.8. The third-order valence-corrected chi connectivity index (χ3v) is 3.61. The van der Waals surface area contributed by atoms with Crippen LogP contribution in [0.4, 0.5) is 5.95 Å². The summed E-state index contributed by atoms with van der Waals surface area (Å²) in [7, 11) is 0. The average molecular weight is 338 g/mol. The third-order valence-electron chi connectivity index (χ3n) is 3.61. The summed E-state index contributed by atoms with van der Waals surface area (Å²) in [4.78, 5) is 24.7. The van der Waals surface area contributed by atoms with Crippen LogP contribution in [0.15, 0.2) is 16.2 Å². The Morgan fingerprint density at radius 1 is 1.62 bits per heavy atom. The average Bonchev–Trinajstić information content (AvgIpc) is 3.09. The van der Waals surface area contributed by atoms with Crippen LogP contribution in [-0.2, 0) is 9.47 Å². The van der Waals surface area contributed by atoms with E-state index in [2.05, 4.69) is 25.0 Å². The molecule has 0 aliphatic carbocycles. The molecule has 0 amide bonds. The lowest BCUT2D eigenvalue weighted by atomic mass is 10.1. The number of imidazole rings is 1. The normalized spacial score (nSPS) is 26.6. The van der Waals surface area contributed by atoms with Crippen molar-refractivity contribution in [2.24, 2.45) is 5.11 Å². The van der Waals surface area contributed by atoms with Crippen molar-refractivity contribution in [1.29, 1.82) is 0 Å².